The molecule has 7 nitrogen and oxygen atoms in total. The average molecular weight is 415 g/mol. The molecule has 2 aromatic heterocycles. The fraction of sp³-hybridized carbons (Fsp3) is 0.294. The minimum absolute atomic E-state index is 0.135. The van der Waals surface area contributed by atoms with Gasteiger partial charge in [-0.1, -0.05) is 28.9 Å². The van der Waals surface area contributed by atoms with E-state index in [1.165, 1.54) is 0 Å². The molecule has 0 aliphatic heterocycles. The summed E-state index contributed by atoms with van der Waals surface area (Å²) in [5.41, 5.74) is -2.84. The highest BCUT2D eigenvalue weighted by Crippen LogP contribution is 2.25. The van der Waals surface area contributed by atoms with Gasteiger partial charge in [-0.15, -0.1) is 0 Å². The zero-order valence-electron chi connectivity index (χ0n) is 14.5. The van der Waals surface area contributed by atoms with E-state index in [0.29, 0.717) is 39.0 Å². The van der Waals surface area contributed by atoms with E-state index in [2.05, 4.69) is 10.1 Å². The fourth-order valence-corrected chi connectivity index (χ4v) is 2.69. The third-order valence-electron chi connectivity index (χ3n) is 3.99. The van der Waals surface area contributed by atoms with Crippen LogP contribution >= 0.6 is 11.6 Å². The Morgan fingerprint density at radius 3 is 2.46 bits per heavy atom. The van der Waals surface area contributed by atoms with Crippen LogP contribution in [0, 0.1) is 0 Å². The number of rotatable bonds is 5. The Hall–Kier alpha value is -2.88. The maximum absolute atomic E-state index is 13.0. The first-order chi connectivity index (χ1) is 13.1. The Bertz CT molecular complexity index is 1100. The van der Waals surface area contributed by atoms with Crippen LogP contribution in [0.1, 0.15) is 22.8 Å². The van der Waals surface area contributed by atoms with E-state index in [1.807, 2.05) is 12.1 Å². The lowest BCUT2D eigenvalue weighted by Crippen LogP contribution is -2.42. The highest BCUT2D eigenvalue weighted by molar-refractivity contribution is 6.30. The monoisotopic (exact) mass is 414 g/mol. The van der Waals surface area contributed by atoms with Gasteiger partial charge in [-0.2, -0.15) is 18.2 Å². The Morgan fingerprint density at radius 1 is 1.14 bits per heavy atom. The van der Waals surface area contributed by atoms with Crippen LogP contribution in [-0.4, -0.2) is 19.3 Å². The molecule has 0 fully saturated rings. The number of aryl methyl sites for hydroxylation is 3. The molecule has 3 aromatic rings. The number of benzene rings is 1. The smallest absolute Gasteiger partial charge is 0.337 e. The van der Waals surface area contributed by atoms with Gasteiger partial charge in [0.05, 0.1) is 0 Å². The molecule has 0 N–H and O–H groups in total. The van der Waals surface area contributed by atoms with Crippen LogP contribution in [-0.2, 0) is 32.6 Å². The molecule has 0 amide bonds. The van der Waals surface area contributed by atoms with E-state index in [0.717, 1.165) is 12.6 Å². The van der Waals surface area contributed by atoms with Crippen LogP contribution in [0.5, 0.6) is 0 Å². The summed E-state index contributed by atoms with van der Waals surface area (Å²) >= 11 is 5.82. The lowest BCUT2D eigenvalue weighted by atomic mass is 10.1. The van der Waals surface area contributed by atoms with Crippen molar-refractivity contribution in [3.8, 4) is 0 Å². The molecule has 28 heavy (non-hydrogen) atoms. The maximum atomic E-state index is 13.0. The van der Waals surface area contributed by atoms with Gasteiger partial charge in [-0.3, -0.25) is 9.36 Å². The minimum atomic E-state index is -4.89. The molecule has 0 atom stereocenters. The molecule has 0 saturated heterocycles. The molecule has 0 spiro atoms. The van der Waals surface area contributed by atoms with E-state index in [9.17, 15) is 22.8 Å². The van der Waals surface area contributed by atoms with Crippen molar-refractivity contribution in [3.63, 3.8) is 0 Å². The molecule has 0 aliphatic carbocycles. The van der Waals surface area contributed by atoms with E-state index >= 15 is 0 Å². The zero-order valence-corrected chi connectivity index (χ0v) is 15.3. The first kappa shape index (κ1) is 19.9. The summed E-state index contributed by atoms with van der Waals surface area (Å²) in [7, 11) is 1.12. The summed E-state index contributed by atoms with van der Waals surface area (Å²) in [4.78, 5) is 28.2. The van der Waals surface area contributed by atoms with Crippen molar-refractivity contribution in [3.05, 3.63) is 79.2 Å². The summed E-state index contributed by atoms with van der Waals surface area (Å²) < 4.78 is 45.0. The molecule has 1 aromatic carbocycles. The van der Waals surface area contributed by atoms with Crippen molar-refractivity contribution in [2.75, 3.05) is 0 Å². The largest absolute Gasteiger partial charge is 0.423 e. The summed E-state index contributed by atoms with van der Waals surface area (Å²) in [6, 6.07) is 7.17. The Balaban J connectivity index is 1.80. The van der Waals surface area contributed by atoms with Crippen LogP contribution < -0.4 is 11.2 Å². The predicted molar refractivity (Wildman–Crippen MR) is 93.2 cm³/mol. The molecule has 0 saturated carbocycles. The molecule has 2 heterocycles. The highest BCUT2D eigenvalue weighted by Gasteiger charge is 2.36. The number of alkyl halides is 3. The first-order valence-electron chi connectivity index (χ1n) is 8.08. The van der Waals surface area contributed by atoms with Gasteiger partial charge in [-0.05, 0) is 24.1 Å². The summed E-state index contributed by atoms with van der Waals surface area (Å²) in [6.45, 7) is -0.552. The molecule has 148 valence electrons. The second-order valence-corrected chi connectivity index (χ2v) is 6.49. The number of hydrogen-bond donors (Lipinski definition) is 0. The highest BCUT2D eigenvalue weighted by atomic mass is 35.5. The first-order valence-corrected chi connectivity index (χ1v) is 8.46. The SMILES string of the molecule is Cn1cc(C(F)(F)F)c(=O)n(Cc2nc(CCc3ccc(Cl)cc3)no2)c1=O. The van der Waals surface area contributed by atoms with Gasteiger partial charge in [0.25, 0.3) is 5.56 Å². The quantitative estimate of drug-likeness (QED) is 0.640. The van der Waals surface area contributed by atoms with Crippen molar-refractivity contribution < 1.29 is 17.7 Å². The normalized spacial score (nSPS) is 11.8. The Labute approximate surface area is 161 Å². The van der Waals surface area contributed by atoms with Gasteiger partial charge in [0.2, 0.25) is 5.89 Å². The van der Waals surface area contributed by atoms with Crippen molar-refractivity contribution in [2.45, 2.75) is 25.6 Å². The van der Waals surface area contributed by atoms with Gasteiger partial charge in [0.15, 0.2) is 5.82 Å². The lowest BCUT2D eigenvalue weighted by molar-refractivity contribution is -0.139. The fourth-order valence-electron chi connectivity index (χ4n) is 2.56. The molecule has 11 heteroatoms. The van der Waals surface area contributed by atoms with Crippen molar-refractivity contribution in [2.24, 2.45) is 7.05 Å². The summed E-state index contributed by atoms with van der Waals surface area (Å²) in [6.07, 6.45) is -3.43. The standard InChI is InChI=1S/C17H14ClF3N4O3/c1-24-8-12(17(19,20)21)15(26)25(16(24)27)9-14-22-13(23-28-14)7-4-10-2-5-11(18)6-3-10/h2-3,5-6,8H,4,7,9H2,1H3. The van der Waals surface area contributed by atoms with Crippen molar-refractivity contribution in [1.29, 1.82) is 0 Å². The molecule has 0 radical (unpaired) electrons. The molecular formula is C17H14ClF3N4O3. The van der Waals surface area contributed by atoms with Crippen LogP contribution in [0.2, 0.25) is 5.02 Å². The third-order valence-corrected chi connectivity index (χ3v) is 4.24. The van der Waals surface area contributed by atoms with E-state index in [4.69, 9.17) is 16.1 Å². The average Bonchev–Trinajstić information content (AvgIpc) is 3.08. The van der Waals surface area contributed by atoms with Crippen LogP contribution in [0.15, 0.2) is 44.6 Å². The molecule has 3 rings (SSSR count). The zero-order chi connectivity index (χ0) is 20.5. The van der Waals surface area contributed by atoms with E-state index in [1.54, 1.807) is 12.1 Å². The van der Waals surface area contributed by atoms with Crippen LogP contribution in [0.25, 0.3) is 0 Å². The van der Waals surface area contributed by atoms with Gasteiger partial charge >= 0.3 is 11.9 Å². The Morgan fingerprint density at radius 2 is 1.82 bits per heavy atom. The van der Waals surface area contributed by atoms with Crippen molar-refractivity contribution >= 4 is 11.6 Å². The topological polar surface area (TPSA) is 82.9 Å². The maximum Gasteiger partial charge on any atom is 0.423 e. The number of halogens is 4. The van der Waals surface area contributed by atoms with E-state index in [-0.39, 0.29) is 5.89 Å². The van der Waals surface area contributed by atoms with Crippen LogP contribution in [0.3, 0.4) is 0 Å². The van der Waals surface area contributed by atoms with Gasteiger partial charge in [0.1, 0.15) is 12.1 Å². The van der Waals surface area contributed by atoms with E-state index < -0.39 is 29.5 Å². The van der Waals surface area contributed by atoms with Crippen molar-refractivity contribution in [1.82, 2.24) is 19.3 Å². The number of nitrogens with zero attached hydrogens (tertiary/aromatic N) is 4. The van der Waals surface area contributed by atoms with Gasteiger partial charge in [0, 0.05) is 24.7 Å². The second kappa shape index (κ2) is 7.63. The Kier molecular flexibility index (Phi) is 5.41. The van der Waals surface area contributed by atoms with Gasteiger partial charge < -0.3 is 9.09 Å². The lowest BCUT2D eigenvalue weighted by Gasteiger charge is -2.10. The minimum Gasteiger partial charge on any atom is -0.337 e. The predicted octanol–water partition coefficient (Wildman–Crippen LogP) is 2.44. The molecule has 0 unspecified atom stereocenters. The molecular weight excluding hydrogens is 401 g/mol. The summed E-state index contributed by atoms with van der Waals surface area (Å²) in [5.74, 6) is 0.173. The third kappa shape index (κ3) is 4.33. The van der Waals surface area contributed by atoms with Crippen LogP contribution in [0.4, 0.5) is 13.2 Å². The molecule has 0 aliphatic rings. The second-order valence-electron chi connectivity index (χ2n) is 6.06. The summed E-state index contributed by atoms with van der Waals surface area (Å²) in [5, 5.41) is 4.35. The number of hydrogen-bond acceptors (Lipinski definition) is 5. The number of aromatic nitrogens is 4. The molecule has 0 bridgehead atoms. The van der Waals surface area contributed by atoms with Gasteiger partial charge in [-0.25, -0.2) is 4.79 Å².